The highest BCUT2D eigenvalue weighted by atomic mass is 79.9. The van der Waals surface area contributed by atoms with Crippen LogP contribution in [0.25, 0.3) is 10.9 Å². The van der Waals surface area contributed by atoms with E-state index in [1.165, 1.54) is 12.8 Å². The molecule has 1 fully saturated rings. The first-order valence-electron chi connectivity index (χ1n) is 6.70. The van der Waals surface area contributed by atoms with Gasteiger partial charge in [-0.3, -0.25) is 9.78 Å². The van der Waals surface area contributed by atoms with Crippen LogP contribution in [0, 0.1) is 0 Å². The van der Waals surface area contributed by atoms with Gasteiger partial charge in [0.05, 0.1) is 30.0 Å². The number of rotatable bonds is 4. The zero-order valence-electron chi connectivity index (χ0n) is 10.8. The first kappa shape index (κ1) is 12.0. The Hall–Kier alpha value is -1.82. The lowest BCUT2D eigenvalue weighted by molar-refractivity contribution is 0.631. The zero-order valence-corrected chi connectivity index (χ0v) is 12.4. The van der Waals surface area contributed by atoms with Crippen LogP contribution in [-0.4, -0.2) is 20.0 Å². The standard InChI is InChI=1S/C14H14BrN5/c15-13-5-10(6-14-12(13)8-17-18-14)16-7-9-3-4-20(19-9)11-1-2-11/h3-6,8,11,16H,1-2,7H2,(H,17,18). The van der Waals surface area contributed by atoms with Gasteiger partial charge < -0.3 is 5.32 Å². The molecule has 5 nitrogen and oxygen atoms in total. The molecule has 0 radical (unpaired) electrons. The van der Waals surface area contributed by atoms with Gasteiger partial charge in [-0.15, -0.1) is 0 Å². The number of nitrogens with zero attached hydrogens (tertiary/aromatic N) is 3. The molecule has 0 atom stereocenters. The van der Waals surface area contributed by atoms with Crippen LogP contribution in [0.1, 0.15) is 24.6 Å². The van der Waals surface area contributed by atoms with Gasteiger partial charge in [-0.2, -0.15) is 10.2 Å². The second kappa shape index (κ2) is 4.63. The summed E-state index contributed by atoms with van der Waals surface area (Å²) in [6.45, 7) is 0.728. The Kier molecular flexibility index (Phi) is 2.77. The third-order valence-corrected chi connectivity index (χ3v) is 4.22. The van der Waals surface area contributed by atoms with Gasteiger partial charge in [0.15, 0.2) is 0 Å². The molecule has 0 bridgehead atoms. The first-order valence-corrected chi connectivity index (χ1v) is 7.49. The van der Waals surface area contributed by atoms with Crippen LogP contribution in [-0.2, 0) is 6.54 Å². The van der Waals surface area contributed by atoms with Gasteiger partial charge in [-0.05, 0) is 47.0 Å². The van der Waals surface area contributed by atoms with E-state index in [0.29, 0.717) is 6.04 Å². The number of nitrogens with one attached hydrogen (secondary N) is 2. The van der Waals surface area contributed by atoms with Gasteiger partial charge in [0.1, 0.15) is 0 Å². The van der Waals surface area contributed by atoms with Crippen molar-refractivity contribution in [2.75, 3.05) is 5.32 Å². The van der Waals surface area contributed by atoms with Crippen molar-refractivity contribution in [2.24, 2.45) is 0 Å². The van der Waals surface area contributed by atoms with Gasteiger partial charge in [-0.25, -0.2) is 0 Å². The maximum Gasteiger partial charge on any atom is 0.0815 e. The summed E-state index contributed by atoms with van der Waals surface area (Å²) in [5, 5.41) is 16.1. The highest BCUT2D eigenvalue weighted by Crippen LogP contribution is 2.34. The van der Waals surface area contributed by atoms with Crippen molar-refractivity contribution in [1.29, 1.82) is 0 Å². The fourth-order valence-corrected chi connectivity index (χ4v) is 2.88. The molecule has 0 amide bonds. The molecule has 6 heteroatoms. The molecule has 2 aromatic heterocycles. The summed E-state index contributed by atoms with van der Waals surface area (Å²) in [5.74, 6) is 0. The molecule has 2 N–H and O–H groups in total. The van der Waals surface area contributed by atoms with Crippen molar-refractivity contribution >= 4 is 32.5 Å². The Labute approximate surface area is 124 Å². The second-order valence-corrected chi connectivity index (χ2v) is 6.02. The predicted molar refractivity (Wildman–Crippen MR) is 81.6 cm³/mol. The number of hydrogen-bond donors (Lipinski definition) is 2. The fourth-order valence-electron chi connectivity index (χ4n) is 2.32. The van der Waals surface area contributed by atoms with Gasteiger partial charge >= 0.3 is 0 Å². The van der Waals surface area contributed by atoms with E-state index in [2.05, 4.69) is 65.6 Å². The third kappa shape index (κ3) is 2.20. The minimum absolute atomic E-state index is 0.638. The maximum atomic E-state index is 4.58. The average molecular weight is 332 g/mol. The molecule has 0 saturated heterocycles. The highest BCUT2D eigenvalue weighted by Gasteiger charge is 2.23. The Balaban J connectivity index is 1.51. The Morgan fingerprint density at radius 3 is 3.15 bits per heavy atom. The Bertz CT molecular complexity index is 756. The molecule has 1 saturated carbocycles. The lowest BCUT2D eigenvalue weighted by Crippen LogP contribution is -2.02. The lowest BCUT2D eigenvalue weighted by Gasteiger charge is -2.06. The van der Waals surface area contributed by atoms with Crippen LogP contribution in [0.3, 0.4) is 0 Å². The van der Waals surface area contributed by atoms with E-state index in [9.17, 15) is 0 Å². The van der Waals surface area contributed by atoms with Crippen molar-refractivity contribution in [3.63, 3.8) is 0 Å². The molecule has 1 aromatic carbocycles. The number of anilines is 1. The van der Waals surface area contributed by atoms with Crippen LogP contribution < -0.4 is 5.32 Å². The summed E-state index contributed by atoms with van der Waals surface area (Å²) in [5.41, 5.74) is 3.14. The van der Waals surface area contributed by atoms with Crippen molar-refractivity contribution in [3.05, 3.63) is 40.8 Å². The lowest BCUT2D eigenvalue weighted by atomic mass is 10.2. The Morgan fingerprint density at radius 2 is 2.30 bits per heavy atom. The highest BCUT2D eigenvalue weighted by molar-refractivity contribution is 9.10. The minimum Gasteiger partial charge on any atom is -0.379 e. The van der Waals surface area contributed by atoms with Crippen LogP contribution in [0.15, 0.2) is 35.1 Å². The number of aromatic amines is 1. The zero-order chi connectivity index (χ0) is 13.5. The van der Waals surface area contributed by atoms with Gasteiger partial charge in [0, 0.05) is 21.7 Å². The van der Waals surface area contributed by atoms with E-state index in [1.807, 2.05) is 6.20 Å². The number of fused-ring (bicyclic) bond motifs is 1. The maximum absolute atomic E-state index is 4.58. The van der Waals surface area contributed by atoms with Gasteiger partial charge in [0.2, 0.25) is 0 Å². The summed E-state index contributed by atoms with van der Waals surface area (Å²) in [6.07, 6.45) is 6.42. The molecule has 1 aliphatic carbocycles. The summed E-state index contributed by atoms with van der Waals surface area (Å²) < 4.78 is 3.11. The van der Waals surface area contributed by atoms with E-state index < -0.39 is 0 Å². The fraction of sp³-hybridized carbons (Fsp3) is 0.286. The van der Waals surface area contributed by atoms with Crippen molar-refractivity contribution in [1.82, 2.24) is 20.0 Å². The summed E-state index contributed by atoms with van der Waals surface area (Å²) in [4.78, 5) is 0. The van der Waals surface area contributed by atoms with Crippen molar-refractivity contribution < 1.29 is 0 Å². The molecule has 20 heavy (non-hydrogen) atoms. The van der Waals surface area contributed by atoms with E-state index in [1.54, 1.807) is 0 Å². The molecule has 4 rings (SSSR count). The van der Waals surface area contributed by atoms with Crippen molar-refractivity contribution in [3.8, 4) is 0 Å². The molecule has 102 valence electrons. The molecule has 1 aliphatic rings. The minimum atomic E-state index is 0.638. The largest absolute Gasteiger partial charge is 0.379 e. The summed E-state index contributed by atoms with van der Waals surface area (Å²) in [6, 6.07) is 6.84. The van der Waals surface area contributed by atoms with E-state index in [-0.39, 0.29) is 0 Å². The van der Waals surface area contributed by atoms with Crippen LogP contribution >= 0.6 is 15.9 Å². The molecule has 3 aromatic rings. The van der Waals surface area contributed by atoms with Crippen LogP contribution in [0.4, 0.5) is 5.69 Å². The first-order chi connectivity index (χ1) is 9.79. The summed E-state index contributed by atoms with van der Waals surface area (Å²) in [7, 11) is 0. The number of benzene rings is 1. The number of H-pyrrole nitrogens is 1. The number of hydrogen-bond acceptors (Lipinski definition) is 3. The second-order valence-electron chi connectivity index (χ2n) is 5.16. The number of aromatic nitrogens is 4. The average Bonchev–Trinajstić information content (AvgIpc) is 3.00. The topological polar surface area (TPSA) is 58.5 Å². The predicted octanol–water partition coefficient (Wildman–Crippen LogP) is 3.47. The molecular formula is C14H14BrN5. The smallest absolute Gasteiger partial charge is 0.0815 e. The van der Waals surface area contributed by atoms with Crippen LogP contribution in [0.2, 0.25) is 0 Å². The Morgan fingerprint density at radius 1 is 1.40 bits per heavy atom. The van der Waals surface area contributed by atoms with Gasteiger partial charge in [0.25, 0.3) is 0 Å². The summed E-state index contributed by atoms with van der Waals surface area (Å²) >= 11 is 3.56. The molecule has 0 unspecified atom stereocenters. The molecular weight excluding hydrogens is 318 g/mol. The molecule has 0 aliphatic heterocycles. The normalized spacial score (nSPS) is 14.8. The SMILES string of the molecule is Brc1cc(NCc2ccn(C3CC3)n2)cc2[nH]ncc12. The molecule has 2 heterocycles. The quantitative estimate of drug-likeness (QED) is 0.769. The van der Waals surface area contributed by atoms with E-state index >= 15 is 0 Å². The van der Waals surface area contributed by atoms with Crippen LogP contribution in [0.5, 0.6) is 0 Å². The number of halogens is 1. The van der Waals surface area contributed by atoms with Gasteiger partial charge in [-0.1, -0.05) is 0 Å². The van der Waals surface area contributed by atoms with Crippen molar-refractivity contribution in [2.45, 2.75) is 25.4 Å². The third-order valence-electron chi connectivity index (χ3n) is 3.57. The molecule has 0 spiro atoms. The van der Waals surface area contributed by atoms with E-state index in [4.69, 9.17) is 0 Å². The van der Waals surface area contributed by atoms with E-state index in [0.717, 1.165) is 33.3 Å². The monoisotopic (exact) mass is 331 g/mol.